The molecular formula is C24H25Br. The van der Waals surface area contributed by atoms with Gasteiger partial charge < -0.3 is 0 Å². The Labute approximate surface area is 163 Å². The highest BCUT2D eigenvalue weighted by Crippen LogP contribution is 2.14. The second-order valence-electron chi connectivity index (χ2n) is 5.53. The van der Waals surface area contributed by atoms with Crippen molar-refractivity contribution in [3.63, 3.8) is 0 Å². The van der Waals surface area contributed by atoms with Gasteiger partial charge in [0.05, 0.1) is 0 Å². The molecule has 1 atom stereocenters. The van der Waals surface area contributed by atoms with Gasteiger partial charge in [0.1, 0.15) is 0 Å². The van der Waals surface area contributed by atoms with Gasteiger partial charge in [-0.2, -0.15) is 0 Å². The summed E-state index contributed by atoms with van der Waals surface area (Å²) in [6.45, 7) is 2.25. The quantitative estimate of drug-likeness (QED) is 0.273. The number of terminal acetylenes is 1. The van der Waals surface area contributed by atoms with Crippen LogP contribution in [0.2, 0.25) is 0 Å². The molecule has 0 aromatic heterocycles. The molecule has 0 aromatic carbocycles. The van der Waals surface area contributed by atoms with Crippen LogP contribution in [0.1, 0.15) is 64.7 Å². The van der Waals surface area contributed by atoms with Gasteiger partial charge in [-0.3, -0.25) is 0 Å². The summed E-state index contributed by atoms with van der Waals surface area (Å²) in [5.74, 6) is 29.1. The molecule has 0 radical (unpaired) electrons. The average molecular weight is 393 g/mol. The van der Waals surface area contributed by atoms with Gasteiger partial charge in [-0.05, 0) is 65.6 Å². The zero-order valence-electron chi connectivity index (χ0n) is 15.1. The Balaban J connectivity index is 3.98. The predicted octanol–water partition coefficient (Wildman–Crippen LogP) is 5.18. The van der Waals surface area contributed by atoms with Crippen molar-refractivity contribution in [2.75, 3.05) is 5.33 Å². The molecule has 0 amide bonds. The van der Waals surface area contributed by atoms with Crippen molar-refractivity contribution < 1.29 is 0 Å². The fourth-order valence-electron chi connectivity index (χ4n) is 2.11. The molecule has 0 aliphatic carbocycles. The second-order valence-corrected chi connectivity index (χ2v) is 6.18. The summed E-state index contributed by atoms with van der Waals surface area (Å²) in [7, 11) is 0. The van der Waals surface area contributed by atoms with Gasteiger partial charge in [-0.15, -0.1) is 6.42 Å². The lowest BCUT2D eigenvalue weighted by Crippen LogP contribution is -1.98. The molecule has 0 fully saturated rings. The second kappa shape index (κ2) is 19.9. The molecule has 1 heteroatoms. The number of rotatable bonds is 10. The van der Waals surface area contributed by atoms with E-state index in [4.69, 9.17) is 6.42 Å². The van der Waals surface area contributed by atoms with Crippen LogP contribution >= 0.6 is 15.9 Å². The highest BCUT2D eigenvalue weighted by Gasteiger charge is 2.02. The van der Waals surface area contributed by atoms with Crippen molar-refractivity contribution in [3.8, 4) is 71.5 Å². The molecule has 0 saturated carbocycles. The molecule has 0 heterocycles. The zero-order valence-corrected chi connectivity index (χ0v) is 16.7. The zero-order chi connectivity index (χ0) is 18.4. The van der Waals surface area contributed by atoms with E-state index >= 15 is 0 Å². The maximum atomic E-state index is 4.96. The molecule has 0 rings (SSSR count). The molecule has 1 unspecified atom stereocenters. The van der Waals surface area contributed by atoms with E-state index in [9.17, 15) is 0 Å². The minimum Gasteiger partial charge on any atom is -0.106 e. The van der Waals surface area contributed by atoms with Gasteiger partial charge in [0, 0.05) is 11.2 Å². The summed E-state index contributed by atoms with van der Waals surface area (Å²) in [5.41, 5.74) is 0. The molecule has 0 saturated heterocycles. The van der Waals surface area contributed by atoms with Crippen LogP contribution in [0, 0.1) is 77.5 Å². The van der Waals surface area contributed by atoms with Crippen molar-refractivity contribution in [2.24, 2.45) is 5.92 Å². The van der Waals surface area contributed by atoms with Crippen molar-refractivity contribution in [2.45, 2.75) is 64.7 Å². The first kappa shape index (κ1) is 22.8. The number of hydrogen-bond donors (Lipinski definition) is 0. The summed E-state index contributed by atoms with van der Waals surface area (Å²) in [6, 6.07) is 0. The fourth-order valence-corrected chi connectivity index (χ4v) is 2.59. The maximum Gasteiger partial charge on any atom is 0.0310 e. The molecule has 0 aliphatic heterocycles. The normalized spacial score (nSPS) is 9.00. The van der Waals surface area contributed by atoms with Crippen LogP contribution in [0.15, 0.2) is 0 Å². The molecule has 0 bridgehead atoms. The SMILES string of the molecule is C#CC#CC#CC#CC#CC#CC(CBr)CCCCCCCCCC. The van der Waals surface area contributed by atoms with E-state index in [0.29, 0.717) is 5.92 Å². The summed E-state index contributed by atoms with van der Waals surface area (Å²) in [6.07, 6.45) is 16.8. The Morgan fingerprint density at radius 3 is 1.68 bits per heavy atom. The fraction of sp³-hybridized carbons (Fsp3) is 0.500. The molecular weight excluding hydrogens is 368 g/mol. The van der Waals surface area contributed by atoms with E-state index in [1.165, 1.54) is 51.4 Å². The van der Waals surface area contributed by atoms with E-state index in [1.807, 2.05) is 0 Å². The molecule has 0 aliphatic rings. The van der Waals surface area contributed by atoms with Gasteiger partial charge in [-0.1, -0.05) is 80.1 Å². The summed E-state index contributed by atoms with van der Waals surface area (Å²) in [5, 5.41) is 0.892. The first-order valence-electron chi connectivity index (χ1n) is 8.87. The maximum absolute atomic E-state index is 4.96. The highest BCUT2D eigenvalue weighted by atomic mass is 79.9. The summed E-state index contributed by atoms with van der Waals surface area (Å²) < 4.78 is 0. The van der Waals surface area contributed by atoms with Crippen LogP contribution in [-0.4, -0.2) is 5.33 Å². The van der Waals surface area contributed by atoms with Crippen LogP contribution < -0.4 is 0 Å². The van der Waals surface area contributed by atoms with Crippen molar-refractivity contribution in [3.05, 3.63) is 0 Å². The third-order valence-corrected chi connectivity index (χ3v) is 4.22. The first-order valence-corrected chi connectivity index (χ1v) is 9.99. The molecule has 25 heavy (non-hydrogen) atoms. The van der Waals surface area contributed by atoms with Gasteiger partial charge in [0.15, 0.2) is 0 Å². The monoisotopic (exact) mass is 392 g/mol. The highest BCUT2D eigenvalue weighted by molar-refractivity contribution is 9.09. The van der Waals surface area contributed by atoms with E-state index in [-0.39, 0.29) is 0 Å². The number of alkyl halides is 1. The van der Waals surface area contributed by atoms with Crippen LogP contribution in [0.5, 0.6) is 0 Å². The third kappa shape index (κ3) is 18.0. The van der Waals surface area contributed by atoms with Crippen LogP contribution in [0.4, 0.5) is 0 Å². The average Bonchev–Trinajstić information content (AvgIpc) is 2.63. The third-order valence-electron chi connectivity index (χ3n) is 3.44. The Bertz CT molecular complexity index is 693. The Hall–Kier alpha value is -2.16. The minimum atomic E-state index is 0.362. The van der Waals surface area contributed by atoms with E-state index in [1.54, 1.807) is 0 Å². The number of unbranched alkanes of at least 4 members (excludes halogenated alkanes) is 7. The summed E-state index contributed by atoms with van der Waals surface area (Å²) >= 11 is 3.53. The van der Waals surface area contributed by atoms with E-state index in [2.05, 4.69) is 88.0 Å². The van der Waals surface area contributed by atoms with Gasteiger partial charge in [0.25, 0.3) is 0 Å². The summed E-state index contributed by atoms with van der Waals surface area (Å²) in [4.78, 5) is 0. The molecule has 0 N–H and O–H groups in total. The van der Waals surface area contributed by atoms with Crippen molar-refractivity contribution in [1.29, 1.82) is 0 Å². The largest absolute Gasteiger partial charge is 0.106 e. The lowest BCUT2D eigenvalue weighted by Gasteiger charge is -2.06. The number of halogens is 1. The van der Waals surface area contributed by atoms with Crippen molar-refractivity contribution in [1.82, 2.24) is 0 Å². The van der Waals surface area contributed by atoms with Gasteiger partial charge in [-0.25, -0.2) is 0 Å². The predicted molar refractivity (Wildman–Crippen MR) is 112 cm³/mol. The smallest absolute Gasteiger partial charge is 0.0310 e. The standard InChI is InChI=1S/C24H25Br/c1-3-5-7-9-11-13-14-16-18-20-22-24(23-25)21-19-17-15-12-10-8-6-4-2/h1,24H,4,6,8,10,12,15,17,19,21,23H2,2H3. The van der Waals surface area contributed by atoms with E-state index in [0.717, 1.165) is 11.8 Å². The van der Waals surface area contributed by atoms with Crippen molar-refractivity contribution >= 4 is 15.9 Å². The molecule has 128 valence electrons. The van der Waals surface area contributed by atoms with Crippen LogP contribution in [0.3, 0.4) is 0 Å². The van der Waals surface area contributed by atoms with Gasteiger partial charge >= 0.3 is 0 Å². The number of hydrogen-bond acceptors (Lipinski definition) is 0. The molecule has 0 aromatic rings. The Morgan fingerprint density at radius 2 is 1.16 bits per heavy atom. The first-order chi connectivity index (χ1) is 12.3. The lowest BCUT2D eigenvalue weighted by molar-refractivity contribution is 0.542. The lowest BCUT2D eigenvalue weighted by atomic mass is 10.0. The van der Waals surface area contributed by atoms with Crippen LogP contribution in [-0.2, 0) is 0 Å². The Kier molecular flexibility index (Phi) is 18.2. The Morgan fingerprint density at radius 1 is 0.680 bits per heavy atom. The van der Waals surface area contributed by atoms with E-state index < -0.39 is 0 Å². The molecule has 0 nitrogen and oxygen atoms in total. The van der Waals surface area contributed by atoms with Crippen LogP contribution in [0.25, 0.3) is 0 Å². The topological polar surface area (TPSA) is 0 Å². The molecule has 0 spiro atoms. The van der Waals surface area contributed by atoms with Gasteiger partial charge in [0.2, 0.25) is 0 Å². The minimum absolute atomic E-state index is 0.362.